The first-order valence-electron chi connectivity index (χ1n) is 14.4. The quantitative estimate of drug-likeness (QED) is 0.357. The van der Waals surface area contributed by atoms with Crippen LogP contribution in [0.2, 0.25) is 5.02 Å². The highest BCUT2D eigenvalue weighted by Gasteiger charge is 2.32. The lowest BCUT2D eigenvalue weighted by atomic mass is 9.95. The van der Waals surface area contributed by atoms with E-state index in [-0.39, 0.29) is 12.1 Å². The van der Waals surface area contributed by atoms with Crippen molar-refractivity contribution >= 4 is 28.9 Å². The summed E-state index contributed by atoms with van der Waals surface area (Å²) >= 11 is 6.78. The molecule has 220 valence electrons. The minimum absolute atomic E-state index is 0.172. The summed E-state index contributed by atoms with van der Waals surface area (Å²) in [6.07, 6.45) is 6.34. The molecule has 3 N–H and O–H groups in total. The Bertz CT molecular complexity index is 1500. The van der Waals surface area contributed by atoms with Crippen LogP contribution < -0.4 is 11.1 Å². The molecule has 1 fully saturated rings. The van der Waals surface area contributed by atoms with Crippen molar-refractivity contribution < 1.29 is 14.1 Å². The molecule has 0 bridgehead atoms. The SMILES string of the molecule is C/C=C1/C=C(c2ccc(-c3noc(C)n3)cc2Cl)C(=O)N(Cc2ccc(CCN)cc2)/C1=N/C(C)NC1CCOCC1. The van der Waals surface area contributed by atoms with Crippen molar-refractivity contribution in [1.29, 1.82) is 0 Å². The molecule has 2 aliphatic heterocycles. The van der Waals surface area contributed by atoms with Gasteiger partial charge < -0.3 is 15.0 Å². The van der Waals surface area contributed by atoms with Gasteiger partial charge in [-0.05, 0) is 62.9 Å². The second kappa shape index (κ2) is 13.6. The lowest BCUT2D eigenvalue weighted by molar-refractivity contribution is -0.122. The molecule has 0 spiro atoms. The molecule has 10 heteroatoms. The maximum Gasteiger partial charge on any atom is 0.260 e. The summed E-state index contributed by atoms with van der Waals surface area (Å²) in [4.78, 5) is 25.3. The number of allylic oxidation sites excluding steroid dienone is 1. The highest BCUT2D eigenvalue weighted by atomic mass is 35.5. The molecule has 3 heterocycles. The van der Waals surface area contributed by atoms with Crippen LogP contribution in [0.25, 0.3) is 17.0 Å². The van der Waals surface area contributed by atoms with Crippen LogP contribution in [-0.4, -0.2) is 58.7 Å². The Hall–Kier alpha value is -3.63. The number of halogens is 1. The van der Waals surface area contributed by atoms with Crippen LogP contribution in [0.1, 0.15) is 49.3 Å². The van der Waals surface area contributed by atoms with Crippen molar-refractivity contribution in [2.45, 2.75) is 58.8 Å². The summed E-state index contributed by atoms with van der Waals surface area (Å²) in [5.74, 6) is 1.36. The number of hydrogen-bond donors (Lipinski definition) is 2. The molecule has 1 amide bonds. The zero-order chi connectivity index (χ0) is 29.6. The second-order valence-corrected chi connectivity index (χ2v) is 11.0. The van der Waals surface area contributed by atoms with Gasteiger partial charge >= 0.3 is 0 Å². The zero-order valence-electron chi connectivity index (χ0n) is 24.3. The van der Waals surface area contributed by atoms with E-state index in [2.05, 4.69) is 27.6 Å². The number of aryl methyl sites for hydroxylation is 1. The minimum atomic E-state index is -0.198. The molecule has 1 saturated heterocycles. The van der Waals surface area contributed by atoms with E-state index in [9.17, 15) is 4.79 Å². The van der Waals surface area contributed by atoms with Crippen LogP contribution in [0.4, 0.5) is 0 Å². The number of nitrogens with zero attached hydrogens (tertiary/aromatic N) is 4. The van der Waals surface area contributed by atoms with Crippen LogP contribution in [0.15, 0.2) is 69.7 Å². The third kappa shape index (κ3) is 6.87. The minimum Gasteiger partial charge on any atom is -0.381 e. The third-order valence-corrected chi connectivity index (χ3v) is 7.77. The summed E-state index contributed by atoms with van der Waals surface area (Å²) in [5.41, 5.74) is 10.6. The Morgan fingerprint density at radius 3 is 2.57 bits per heavy atom. The first-order valence-corrected chi connectivity index (χ1v) is 14.7. The number of carbonyl (C=O) groups is 1. The van der Waals surface area contributed by atoms with Crippen molar-refractivity contribution in [1.82, 2.24) is 20.4 Å². The Balaban J connectivity index is 1.50. The van der Waals surface area contributed by atoms with Gasteiger partial charge in [0.05, 0.1) is 12.7 Å². The van der Waals surface area contributed by atoms with Crippen molar-refractivity contribution in [3.8, 4) is 11.4 Å². The Labute approximate surface area is 251 Å². The first kappa shape index (κ1) is 29.8. The molecule has 3 aromatic rings. The fourth-order valence-corrected chi connectivity index (χ4v) is 5.53. The summed E-state index contributed by atoms with van der Waals surface area (Å²) in [7, 11) is 0. The van der Waals surface area contributed by atoms with Crippen LogP contribution >= 0.6 is 11.6 Å². The molecule has 0 radical (unpaired) electrons. The Kier molecular flexibility index (Phi) is 9.64. The molecular formula is C32H37ClN6O3. The fraction of sp³-hybridized carbons (Fsp3) is 0.375. The van der Waals surface area contributed by atoms with Gasteiger partial charge in [0.2, 0.25) is 11.7 Å². The van der Waals surface area contributed by atoms with Gasteiger partial charge in [-0.3, -0.25) is 15.0 Å². The van der Waals surface area contributed by atoms with E-state index in [1.807, 2.05) is 50.3 Å². The Morgan fingerprint density at radius 1 is 1.19 bits per heavy atom. The van der Waals surface area contributed by atoms with Gasteiger partial charge in [-0.15, -0.1) is 0 Å². The van der Waals surface area contributed by atoms with Crippen LogP contribution in [0.3, 0.4) is 0 Å². The smallest absolute Gasteiger partial charge is 0.260 e. The van der Waals surface area contributed by atoms with Gasteiger partial charge in [0.25, 0.3) is 5.91 Å². The van der Waals surface area contributed by atoms with Crippen LogP contribution in [0, 0.1) is 6.92 Å². The fourth-order valence-electron chi connectivity index (χ4n) is 5.25. The predicted octanol–water partition coefficient (Wildman–Crippen LogP) is 5.08. The van der Waals surface area contributed by atoms with Crippen LogP contribution in [-0.2, 0) is 22.5 Å². The van der Waals surface area contributed by atoms with Gasteiger partial charge in [-0.2, -0.15) is 4.98 Å². The normalized spacial score (nSPS) is 19.0. The number of ether oxygens (including phenoxy) is 1. The molecule has 42 heavy (non-hydrogen) atoms. The number of aliphatic imine (C=N–C) groups is 1. The Morgan fingerprint density at radius 2 is 1.93 bits per heavy atom. The molecule has 1 atom stereocenters. The molecule has 1 aromatic heterocycles. The van der Waals surface area contributed by atoms with E-state index in [4.69, 9.17) is 31.6 Å². The maximum absolute atomic E-state index is 14.3. The van der Waals surface area contributed by atoms with E-state index in [0.29, 0.717) is 58.4 Å². The molecule has 1 unspecified atom stereocenters. The number of hydrogen-bond acceptors (Lipinski definition) is 8. The number of nitrogens with two attached hydrogens (primary N) is 1. The molecular weight excluding hydrogens is 552 g/mol. The number of amides is 1. The van der Waals surface area contributed by atoms with Gasteiger partial charge in [-0.25, -0.2) is 4.99 Å². The number of carbonyl (C=O) groups excluding carboxylic acids is 1. The second-order valence-electron chi connectivity index (χ2n) is 10.6. The summed E-state index contributed by atoms with van der Waals surface area (Å²) in [6, 6.07) is 14.0. The highest BCUT2D eigenvalue weighted by molar-refractivity contribution is 6.37. The molecule has 2 aliphatic rings. The van der Waals surface area contributed by atoms with Crippen molar-refractivity contribution in [2.24, 2.45) is 10.7 Å². The summed E-state index contributed by atoms with van der Waals surface area (Å²) in [6.45, 7) is 8.13. The van der Waals surface area contributed by atoms with E-state index in [1.165, 1.54) is 0 Å². The lowest BCUT2D eigenvalue weighted by Gasteiger charge is -2.32. The highest BCUT2D eigenvalue weighted by Crippen LogP contribution is 2.34. The maximum atomic E-state index is 14.3. The summed E-state index contributed by atoms with van der Waals surface area (Å²) in [5, 5.41) is 8.01. The van der Waals surface area contributed by atoms with Crippen molar-refractivity contribution in [2.75, 3.05) is 19.8 Å². The summed E-state index contributed by atoms with van der Waals surface area (Å²) < 4.78 is 10.6. The molecule has 9 nitrogen and oxygen atoms in total. The zero-order valence-corrected chi connectivity index (χ0v) is 25.0. The predicted molar refractivity (Wildman–Crippen MR) is 165 cm³/mol. The monoisotopic (exact) mass is 588 g/mol. The number of benzene rings is 2. The average molecular weight is 589 g/mol. The van der Waals surface area contributed by atoms with E-state index < -0.39 is 0 Å². The van der Waals surface area contributed by atoms with Gasteiger partial charge in [0.1, 0.15) is 5.84 Å². The van der Waals surface area contributed by atoms with Crippen LogP contribution in [0.5, 0.6) is 0 Å². The largest absolute Gasteiger partial charge is 0.381 e. The van der Waals surface area contributed by atoms with E-state index in [1.54, 1.807) is 17.9 Å². The molecule has 0 saturated carbocycles. The molecule has 5 rings (SSSR count). The average Bonchev–Trinajstić information content (AvgIpc) is 3.43. The number of rotatable bonds is 9. The lowest BCUT2D eigenvalue weighted by Crippen LogP contribution is -2.44. The van der Waals surface area contributed by atoms with E-state index >= 15 is 0 Å². The third-order valence-electron chi connectivity index (χ3n) is 7.46. The standard InChI is InChI=1S/C32H37ClN6O3/c1-4-24-17-28(27-10-9-25(18-29(27)33)30-37-21(3)42-38-30)32(40)39(19-23-7-5-22(6-8-23)11-14-34)31(24)36-20(2)35-26-12-15-41-16-13-26/h4-10,17-18,20,26,35H,11-16,19,34H2,1-3H3/b24-4-,36-31+. The van der Waals surface area contributed by atoms with Crippen molar-refractivity contribution in [3.63, 3.8) is 0 Å². The molecule has 2 aromatic carbocycles. The van der Waals surface area contributed by atoms with Crippen molar-refractivity contribution in [3.05, 3.63) is 87.8 Å². The van der Waals surface area contributed by atoms with Gasteiger partial charge in [0, 0.05) is 53.5 Å². The number of nitrogens with one attached hydrogen (secondary N) is 1. The molecule has 0 aliphatic carbocycles. The van der Waals surface area contributed by atoms with Gasteiger partial charge in [-0.1, -0.05) is 59.2 Å². The van der Waals surface area contributed by atoms with E-state index in [0.717, 1.165) is 49.2 Å². The topological polar surface area (TPSA) is 119 Å². The number of amidine groups is 1. The first-order chi connectivity index (χ1) is 20.4. The number of aromatic nitrogens is 2. The van der Waals surface area contributed by atoms with Gasteiger partial charge in [0.15, 0.2) is 0 Å².